The second kappa shape index (κ2) is 7.94. The van der Waals surface area contributed by atoms with Gasteiger partial charge in [0, 0.05) is 30.8 Å². The molecule has 3 heterocycles. The molecule has 5 nitrogen and oxygen atoms in total. The van der Waals surface area contributed by atoms with Gasteiger partial charge in [0.15, 0.2) is 5.65 Å². The Kier molecular flexibility index (Phi) is 5.45. The van der Waals surface area contributed by atoms with Crippen LogP contribution in [-0.2, 0) is 6.18 Å². The van der Waals surface area contributed by atoms with E-state index in [1.54, 1.807) is 26.0 Å². The third kappa shape index (κ3) is 4.13. The molecule has 1 fully saturated rings. The molecule has 0 spiro atoms. The third-order valence-electron chi connectivity index (χ3n) is 5.58. The molecule has 0 N–H and O–H groups in total. The molecule has 1 aliphatic rings. The van der Waals surface area contributed by atoms with Crippen molar-refractivity contribution in [3.63, 3.8) is 0 Å². The summed E-state index contributed by atoms with van der Waals surface area (Å²) in [7, 11) is 0. The molecule has 0 radical (unpaired) electrons. The summed E-state index contributed by atoms with van der Waals surface area (Å²) in [6.45, 7) is 4.28. The first-order valence-corrected chi connectivity index (χ1v) is 10.2. The zero-order valence-electron chi connectivity index (χ0n) is 17.2. The fraction of sp³-hybridized carbons (Fsp3) is 0.409. The minimum absolute atomic E-state index is 0.0132. The van der Waals surface area contributed by atoms with E-state index in [0.717, 1.165) is 10.6 Å². The number of fused-ring (bicyclic) bond motifs is 1. The molecule has 164 valence electrons. The Bertz CT molecular complexity index is 1120. The molecule has 0 saturated carbocycles. The summed E-state index contributed by atoms with van der Waals surface area (Å²) in [5.41, 5.74) is 0.0330. The van der Waals surface area contributed by atoms with E-state index in [9.17, 15) is 22.4 Å². The van der Waals surface area contributed by atoms with Crippen molar-refractivity contribution in [3.8, 4) is 0 Å². The second-order valence-electron chi connectivity index (χ2n) is 8.13. The van der Waals surface area contributed by atoms with E-state index in [0.29, 0.717) is 30.8 Å². The molecule has 1 atom stereocenters. The normalized spacial score (nSPS) is 17.5. The van der Waals surface area contributed by atoms with Crippen molar-refractivity contribution in [1.29, 1.82) is 0 Å². The van der Waals surface area contributed by atoms with Gasteiger partial charge < -0.3 is 4.90 Å². The fourth-order valence-electron chi connectivity index (χ4n) is 3.92. The Morgan fingerprint density at radius 1 is 1.19 bits per heavy atom. The van der Waals surface area contributed by atoms with Crippen LogP contribution in [0.2, 0.25) is 0 Å². The molecular weight excluding hydrogens is 412 g/mol. The lowest BCUT2D eigenvalue weighted by Gasteiger charge is -2.32. The smallest absolute Gasteiger partial charge is 0.338 e. The number of benzene rings is 1. The summed E-state index contributed by atoms with van der Waals surface area (Å²) in [6, 6.07) is 8.35. The number of carbonyl (C=O) groups is 1. The average molecular weight is 434 g/mol. The Hall–Kier alpha value is -2.97. The molecule has 1 aromatic carbocycles. The highest BCUT2D eigenvalue weighted by Gasteiger charge is 2.36. The first-order valence-electron chi connectivity index (χ1n) is 10.2. The predicted molar refractivity (Wildman–Crippen MR) is 106 cm³/mol. The quantitative estimate of drug-likeness (QED) is 0.544. The maximum Gasteiger partial charge on any atom is 0.433 e. The Labute approximate surface area is 176 Å². The Balaban J connectivity index is 1.67. The Morgan fingerprint density at radius 3 is 2.61 bits per heavy atom. The van der Waals surface area contributed by atoms with Crippen molar-refractivity contribution in [2.24, 2.45) is 0 Å². The highest BCUT2D eigenvalue weighted by molar-refractivity contribution is 5.94. The molecule has 0 aliphatic carbocycles. The molecule has 0 unspecified atom stereocenters. The minimum atomic E-state index is -4.58. The number of aromatic nitrogens is 3. The lowest BCUT2D eigenvalue weighted by Crippen LogP contribution is -2.39. The van der Waals surface area contributed by atoms with Gasteiger partial charge in [-0.1, -0.05) is 26.0 Å². The molecule has 2 aromatic heterocycles. The van der Waals surface area contributed by atoms with Crippen LogP contribution in [0.15, 0.2) is 36.4 Å². The third-order valence-corrected chi connectivity index (χ3v) is 5.58. The maximum atomic E-state index is 14.0. The molecule has 3 aromatic rings. The summed E-state index contributed by atoms with van der Waals surface area (Å²) in [6.07, 6.45) is -3.26. The average Bonchev–Trinajstić information content (AvgIpc) is 3.16. The zero-order chi connectivity index (χ0) is 22.3. The van der Waals surface area contributed by atoms with Crippen LogP contribution in [0.25, 0.3) is 5.65 Å². The maximum absolute atomic E-state index is 14.0. The topological polar surface area (TPSA) is 50.5 Å². The molecular formula is C22H22F4N4O. The van der Waals surface area contributed by atoms with Crippen LogP contribution in [0, 0.1) is 5.82 Å². The van der Waals surface area contributed by atoms with Crippen LogP contribution in [0.5, 0.6) is 0 Å². The molecule has 9 heteroatoms. The van der Waals surface area contributed by atoms with Gasteiger partial charge in [0.1, 0.15) is 11.5 Å². The van der Waals surface area contributed by atoms with Crippen LogP contribution in [0.1, 0.15) is 66.0 Å². The number of nitrogens with zero attached hydrogens (tertiary/aromatic N) is 4. The number of hydrogen-bond acceptors (Lipinski definition) is 3. The van der Waals surface area contributed by atoms with Crippen molar-refractivity contribution < 1.29 is 22.4 Å². The van der Waals surface area contributed by atoms with E-state index in [4.69, 9.17) is 0 Å². The minimum Gasteiger partial charge on any atom is -0.338 e. The van der Waals surface area contributed by atoms with Crippen LogP contribution in [-0.4, -0.2) is 38.5 Å². The van der Waals surface area contributed by atoms with E-state index in [-0.39, 0.29) is 29.6 Å². The summed E-state index contributed by atoms with van der Waals surface area (Å²) >= 11 is 0. The summed E-state index contributed by atoms with van der Waals surface area (Å²) in [5.74, 6) is -1.45. The number of likely N-dealkylation sites (tertiary alicyclic amines) is 1. The molecule has 1 saturated heterocycles. The largest absolute Gasteiger partial charge is 0.433 e. The molecule has 0 bridgehead atoms. The lowest BCUT2D eigenvalue weighted by molar-refractivity contribution is -0.142. The van der Waals surface area contributed by atoms with E-state index < -0.39 is 23.6 Å². The monoisotopic (exact) mass is 434 g/mol. The molecule has 1 aliphatic heterocycles. The molecule has 31 heavy (non-hydrogen) atoms. The van der Waals surface area contributed by atoms with Crippen LogP contribution in [0.3, 0.4) is 0 Å². The summed E-state index contributed by atoms with van der Waals surface area (Å²) < 4.78 is 55.8. The Morgan fingerprint density at radius 2 is 1.94 bits per heavy atom. The van der Waals surface area contributed by atoms with Gasteiger partial charge >= 0.3 is 6.18 Å². The van der Waals surface area contributed by atoms with Gasteiger partial charge in [-0.15, -0.1) is 0 Å². The van der Waals surface area contributed by atoms with Crippen molar-refractivity contribution in [1.82, 2.24) is 19.5 Å². The number of hydrogen-bond donors (Lipinski definition) is 0. The first kappa shape index (κ1) is 21.3. The van der Waals surface area contributed by atoms with Gasteiger partial charge in [-0.05, 0) is 37.0 Å². The number of halogens is 4. The summed E-state index contributed by atoms with van der Waals surface area (Å²) in [4.78, 5) is 18.7. The van der Waals surface area contributed by atoms with Crippen LogP contribution < -0.4 is 0 Å². The number of piperidine rings is 1. The lowest BCUT2D eigenvalue weighted by atomic mass is 9.94. The van der Waals surface area contributed by atoms with Gasteiger partial charge in [0.05, 0.1) is 11.3 Å². The van der Waals surface area contributed by atoms with E-state index in [1.165, 1.54) is 23.1 Å². The zero-order valence-corrected chi connectivity index (χ0v) is 17.2. The predicted octanol–water partition coefficient (Wildman–Crippen LogP) is 5.03. The van der Waals surface area contributed by atoms with E-state index in [2.05, 4.69) is 10.1 Å². The van der Waals surface area contributed by atoms with Gasteiger partial charge in [-0.2, -0.15) is 18.3 Å². The number of rotatable bonds is 3. The van der Waals surface area contributed by atoms with Gasteiger partial charge in [0.25, 0.3) is 5.91 Å². The molecule has 1 amide bonds. The van der Waals surface area contributed by atoms with E-state index >= 15 is 0 Å². The first-order chi connectivity index (χ1) is 14.6. The van der Waals surface area contributed by atoms with Gasteiger partial charge in [-0.25, -0.2) is 13.9 Å². The van der Waals surface area contributed by atoms with Gasteiger partial charge in [0.2, 0.25) is 0 Å². The van der Waals surface area contributed by atoms with Crippen LogP contribution in [0.4, 0.5) is 17.6 Å². The van der Waals surface area contributed by atoms with Crippen molar-refractivity contribution in [3.05, 3.63) is 64.9 Å². The SMILES string of the molecule is CC(C)c1cc(C(F)(F)F)n2nc([C@@H]3CCCN(C(=O)c4ccccc4F)C3)cc2n1. The second-order valence-corrected chi connectivity index (χ2v) is 8.13. The number of carbonyl (C=O) groups excluding carboxylic acids is 1. The number of alkyl halides is 3. The van der Waals surface area contributed by atoms with Gasteiger partial charge in [-0.3, -0.25) is 4.79 Å². The van der Waals surface area contributed by atoms with Crippen molar-refractivity contribution >= 4 is 11.6 Å². The van der Waals surface area contributed by atoms with Crippen molar-refractivity contribution in [2.75, 3.05) is 13.1 Å². The number of amides is 1. The summed E-state index contributed by atoms with van der Waals surface area (Å²) in [5, 5.41) is 4.21. The highest BCUT2D eigenvalue weighted by Crippen LogP contribution is 2.33. The van der Waals surface area contributed by atoms with Crippen LogP contribution >= 0.6 is 0 Å². The standard InChI is InChI=1S/C22H22F4N4O/c1-13(2)17-10-19(22(24,25)26)30-20(27-17)11-18(28-30)14-6-5-9-29(12-14)21(31)15-7-3-4-8-16(15)23/h3-4,7-8,10-11,13-14H,5-6,9,12H2,1-2H3/t14-/m1/s1. The molecule has 4 rings (SSSR count). The highest BCUT2D eigenvalue weighted by atomic mass is 19.4. The van der Waals surface area contributed by atoms with Crippen molar-refractivity contribution in [2.45, 2.75) is 44.7 Å². The fourth-order valence-corrected chi connectivity index (χ4v) is 3.92. The van der Waals surface area contributed by atoms with E-state index in [1.807, 2.05) is 0 Å².